The molecule has 2 heteroatoms. The van der Waals surface area contributed by atoms with Crippen molar-refractivity contribution >= 4 is 0 Å². The third-order valence-corrected chi connectivity index (χ3v) is 7.29. The molecule has 2 nitrogen and oxygen atoms in total. The number of rotatable bonds is 2. The van der Waals surface area contributed by atoms with Crippen molar-refractivity contribution in [3.8, 4) is 0 Å². The highest BCUT2D eigenvalue weighted by Crippen LogP contribution is 2.57. The van der Waals surface area contributed by atoms with E-state index in [4.69, 9.17) is 5.73 Å². The van der Waals surface area contributed by atoms with E-state index in [1.807, 2.05) is 0 Å². The van der Waals surface area contributed by atoms with Crippen LogP contribution in [0.1, 0.15) is 52.4 Å². The zero-order valence-electron chi connectivity index (χ0n) is 12.6. The normalized spacial score (nSPS) is 51.9. The van der Waals surface area contributed by atoms with Gasteiger partial charge in [-0.2, -0.15) is 0 Å². The van der Waals surface area contributed by atoms with Crippen molar-refractivity contribution in [2.75, 3.05) is 13.1 Å². The maximum absolute atomic E-state index is 6.31. The van der Waals surface area contributed by atoms with Crippen LogP contribution in [0.2, 0.25) is 0 Å². The molecular formula is C17H30N2. The summed E-state index contributed by atoms with van der Waals surface area (Å²) in [6.07, 6.45) is 8.98. The van der Waals surface area contributed by atoms with Crippen molar-refractivity contribution < 1.29 is 0 Å². The molecule has 4 saturated carbocycles. The molecule has 0 radical (unpaired) electrons. The predicted molar refractivity (Wildman–Crippen MR) is 78.8 cm³/mol. The standard InChI is InChI=1S/C17H30N2/c1-17(2)16(18)3-4-19(17)10-15-13-6-11-5-12(8-13)9-14(15)7-11/h11-16H,3-10,18H2,1-2H3. The van der Waals surface area contributed by atoms with Crippen molar-refractivity contribution in [3.63, 3.8) is 0 Å². The van der Waals surface area contributed by atoms with Gasteiger partial charge in [-0.05, 0) is 82.0 Å². The highest BCUT2D eigenvalue weighted by Gasteiger charge is 2.50. The highest BCUT2D eigenvalue weighted by molar-refractivity contribution is 5.03. The van der Waals surface area contributed by atoms with Crippen LogP contribution in [0.5, 0.6) is 0 Å². The molecule has 2 N–H and O–H groups in total. The van der Waals surface area contributed by atoms with Crippen LogP contribution < -0.4 is 5.73 Å². The second-order valence-corrected chi connectivity index (χ2v) is 8.59. The second-order valence-electron chi connectivity index (χ2n) is 8.59. The lowest BCUT2D eigenvalue weighted by molar-refractivity contribution is -0.0555. The zero-order chi connectivity index (χ0) is 13.2. The minimum absolute atomic E-state index is 0.231. The number of nitrogens with two attached hydrogens (primary N) is 1. The molecule has 108 valence electrons. The Kier molecular flexibility index (Phi) is 2.80. The quantitative estimate of drug-likeness (QED) is 0.829. The van der Waals surface area contributed by atoms with E-state index in [0.29, 0.717) is 6.04 Å². The Hall–Kier alpha value is -0.0800. The number of hydrogen-bond donors (Lipinski definition) is 1. The van der Waals surface area contributed by atoms with Crippen molar-refractivity contribution in [1.29, 1.82) is 0 Å². The predicted octanol–water partition coefficient (Wildman–Crippen LogP) is 2.87. The maximum atomic E-state index is 6.31. The van der Waals surface area contributed by atoms with Gasteiger partial charge in [-0.15, -0.1) is 0 Å². The molecule has 1 atom stereocenters. The van der Waals surface area contributed by atoms with Gasteiger partial charge < -0.3 is 5.73 Å². The lowest BCUT2D eigenvalue weighted by Gasteiger charge is -2.56. The summed E-state index contributed by atoms with van der Waals surface area (Å²) in [5, 5.41) is 0. The summed E-state index contributed by atoms with van der Waals surface area (Å²) in [5.41, 5.74) is 6.54. The van der Waals surface area contributed by atoms with Crippen LogP contribution in [0.3, 0.4) is 0 Å². The fraction of sp³-hybridized carbons (Fsp3) is 1.00. The maximum Gasteiger partial charge on any atom is 0.0304 e. The minimum Gasteiger partial charge on any atom is -0.326 e. The molecule has 5 rings (SSSR count). The van der Waals surface area contributed by atoms with Gasteiger partial charge in [-0.3, -0.25) is 4.90 Å². The number of likely N-dealkylation sites (tertiary alicyclic amines) is 1. The van der Waals surface area contributed by atoms with Crippen molar-refractivity contribution in [2.45, 2.75) is 64.0 Å². The van der Waals surface area contributed by atoms with Gasteiger partial charge in [0.1, 0.15) is 0 Å². The summed E-state index contributed by atoms with van der Waals surface area (Å²) in [6.45, 7) is 7.30. The molecule has 5 aliphatic rings. The van der Waals surface area contributed by atoms with E-state index in [1.54, 1.807) is 32.1 Å². The van der Waals surface area contributed by atoms with Gasteiger partial charge >= 0.3 is 0 Å². The first-order chi connectivity index (χ1) is 9.04. The Labute approximate surface area is 118 Å². The molecule has 0 spiro atoms. The lowest BCUT2D eigenvalue weighted by atomic mass is 9.52. The van der Waals surface area contributed by atoms with E-state index in [9.17, 15) is 0 Å². The largest absolute Gasteiger partial charge is 0.326 e. The first kappa shape index (κ1) is 12.6. The fourth-order valence-corrected chi connectivity index (χ4v) is 6.09. The number of hydrogen-bond acceptors (Lipinski definition) is 2. The average Bonchev–Trinajstić information content (AvgIpc) is 2.59. The summed E-state index contributed by atoms with van der Waals surface area (Å²) in [7, 11) is 0. The van der Waals surface area contributed by atoms with Crippen LogP contribution in [0.15, 0.2) is 0 Å². The smallest absolute Gasteiger partial charge is 0.0304 e. The van der Waals surface area contributed by atoms with Crippen LogP contribution >= 0.6 is 0 Å². The molecule has 4 aliphatic carbocycles. The minimum atomic E-state index is 0.231. The zero-order valence-corrected chi connectivity index (χ0v) is 12.6. The molecule has 0 aromatic rings. The summed E-state index contributed by atoms with van der Waals surface area (Å²) in [4.78, 5) is 2.73. The van der Waals surface area contributed by atoms with E-state index < -0.39 is 0 Å². The Balaban J connectivity index is 1.49. The molecule has 5 fully saturated rings. The first-order valence-corrected chi connectivity index (χ1v) is 8.54. The van der Waals surface area contributed by atoms with Crippen LogP contribution in [-0.2, 0) is 0 Å². The van der Waals surface area contributed by atoms with Gasteiger partial charge in [0.25, 0.3) is 0 Å². The SMILES string of the molecule is CC1(C)C(N)CCN1CC1C2CC3CC(C2)CC1C3. The van der Waals surface area contributed by atoms with Crippen molar-refractivity contribution in [2.24, 2.45) is 35.3 Å². The molecule has 1 heterocycles. The van der Waals surface area contributed by atoms with E-state index in [2.05, 4.69) is 18.7 Å². The van der Waals surface area contributed by atoms with E-state index in [0.717, 1.165) is 29.6 Å². The van der Waals surface area contributed by atoms with E-state index in [-0.39, 0.29) is 5.54 Å². The van der Waals surface area contributed by atoms with Gasteiger partial charge in [0, 0.05) is 24.7 Å². The Morgan fingerprint density at radius 2 is 1.58 bits per heavy atom. The monoisotopic (exact) mass is 262 g/mol. The third-order valence-electron chi connectivity index (χ3n) is 7.29. The molecule has 1 aliphatic heterocycles. The highest BCUT2D eigenvalue weighted by atomic mass is 15.2. The first-order valence-electron chi connectivity index (χ1n) is 8.54. The number of nitrogens with zero attached hydrogens (tertiary/aromatic N) is 1. The topological polar surface area (TPSA) is 29.3 Å². The summed E-state index contributed by atoms with van der Waals surface area (Å²) in [5.74, 6) is 5.32. The molecule has 1 saturated heterocycles. The van der Waals surface area contributed by atoms with Crippen LogP contribution in [0.25, 0.3) is 0 Å². The Morgan fingerprint density at radius 1 is 1.00 bits per heavy atom. The molecule has 0 aromatic carbocycles. The summed E-state index contributed by atoms with van der Waals surface area (Å²) in [6, 6.07) is 0.379. The van der Waals surface area contributed by atoms with Crippen LogP contribution in [-0.4, -0.2) is 29.6 Å². The summed E-state index contributed by atoms with van der Waals surface area (Å²) < 4.78 is 0. The molecule has 1 unspecified atom stereocenters. The summed E-state index contributed by atoms with van der Waals surface area (Å²) >= 11 is 0. The second kappa shape index (κ2) is 4.21. The van der Waals surface area contributed by atoms with Gasteiger partial charge in [0.05, 0.1) is 0 Å². The van der Waals surface area contributed by atoms with E-state index in [1.165, 1.54) is 19.5 Å². The Bertz CT molecular complexity index is 334. The van der Waals surface area contributed by atoms with Gasteiger partial charge in [-0.25, -0.2) is 0 Å². The molecule has 0 aromatic heterocycles. The van der Waals surface area contributed by atoms with Crippen LogP contribution in [0.4, 0.5) is 0 Å². The van der Waals surface area contributed by atoms with Crippen molar-refractivity contribution in [1.82, 2.24) is 4.90 Å². The average molecular weight is 262 g/mol. The van der Waals surface area contributed by atoms with Crippen molar-refractivity contribution in [3.05, 3.63) is 0 Å². The van der Waals surface area contributed by atoms with Gasteiger partial charge in [-0.1, -0.05) is 0 Å². The molecule has 4 bridgehead atoms. The molecule has 0 amide bonds. The van der Waals surface area contributed by atoms with Crippen LogP contribution in [0, 0.1) is 29.6 Å². The van der Waals surface area contributed by atoms with Gasteiger partial charge in [0.2, 0.25) is 0 Å². The Morgan fingerprint density at radius 3 is 2.05 bits per heavy atom. The fourth-order valence-electron chi connectivity index (χ4n) is 6.09. The third kappa shape index (κ3) is 1.90. The molecule has 19 heavy (non-hydrogen) atoms. The molecular weight excluding hydrogens is 232 g/mol. The van der Waals surface area contributed by atoms with E-state index >= 15 is 0 Å². The lowest BCUT2D eigenvalue weighted by Crippen LogP contribution is -2.54. The van der Waals surface area contributed by atoms with Gasteiger partial charge in [0.15, 0.2) is 0 Å².